The Labute approximate surface area is 184 Å². The molecule has 0 unspecified atom stereocenters. The molecule has 0 bridgehead atoms. The molecule has 4 aromatic rings. The van der Waals surface area contributed by atoms with Gasteiger partial charge in [-0.1, -0.05) is 30.3 Å². The molecule has 32 heavy (non-hydrogen) atoms. The van der Waals surface area contributed by atoms with E-state index < -0.39 is 0 Å². The molecule has 1 aromatic carbocycles. The summed E-state index contributed by atoms with van der Waals surface area (Å²) >= 11 is 0. The zero-order valence-electron chi connectivity index (χ0n) is 17.5. The molecule has 0 spiro atoms. The number of likely N-dealkylation sites (tertiary alicyclic amines) is 1. The van der Waals surface area contributed by atoms with Crippen molar-refractivity contribution in [3.63, 3.8) is 0 Å². The second kappa shape index (κ2) is 8.96. The highest BCUT2D eigenvalue weighted by Gasteiger charge is 2.20. The highest BCUT2D eigenvalue weighted by molar-refractivity contribution is 5.84. The van der Waals surface area contributed by atoms with Gasteiger partial charge in [-0.3, -0.25) is 10.1 Å². The predicted molar refractivity (Wildman–Crippen MR) is 120 cm³/mol. The van der Waals surface area contributed by atoms with Gasteiger partial charge >= 0.3 is 0 Å². The highest BCUT2D eigenvalue weighted by Crippen LogP contribution is 2.23. The van der Waals surface area contributed by atoms with E-state index in [1.807, 2.05) is 39.8 Å². The van der Waals surface area contributed by atoms with Crippen LogP contribution in [0.15, 0.2) is 55.1 Å². The Kier molecular flexibility index (Phi) is 5.56. The number of hydrogen-bond donors (Lipinski definition) is 2. The van der Waals surface area contributed by atoms with E-state index in [1.54, 1.807) is 24.8 Å². The zero-order chi connectivity index (χ0) is 21.8. The fourth-order valence-corrected chi connectivity index (χ4v) is 3.70. The Morgan fingerprint density at radius 2 is 1.78 bits per heavy atom. The summed E-state index contributed by atoms with van der Waals surface area (Å²) in [6.45, 7) is 2.65. The van der Waals surface area contributed by atoms with Gasteiger partial charge in [-0.05, 0) is 18.1 Å². The van der Waals surface area contributed by atoms with E-state index >= 15 is 0 Å². The number of fused-ring (bicyclic) bond motifs is 1. The van der Waals surface area contributed by atoms with Gasteiger partial charge in [-0.2, -0.15) is 9.97 Å². The third kappa shape index (κ3) is 4.34. The molecule has 1 aliphatic rings. The van der Waals surface area contributed by atoms with Crippen molar-refractivity contribution >= 4 is 34.8 Å². The molecule has 4 heterocycles. The molecule has 0 atom stereocenters. The molecule has 1 fully saturated rings. The maximum Gasteiger partial charge on any atom is 0.233 e. The van der Waals surface area contributed by atoms with Crippen molar-refractivity contribution in [3.8, 4) is 0 Å². The molecular weight excluding hydrogens is 406 g/mol. The second-order valence-corrected chi connectivity index (χ2v) is 7.53. The van der Waals surface area contributed by atoms with Crippen LogP contribution in [0, 0.1) is 0 Å². The van der Waals surface area contributed by atoms with Crippen LogP contribution in [0.2, 0.25) is 0 Å². The lowest BCUT2D eigenvalue weighted by Crippen LogP contribution is -2.28. The summed E-state index contributed by atoms with van der Waals surface area (Å²) in [6.07, 6.45) is 6.60. The number of nitrogens with one attached hydrogen (secondary N) is 2. The van der Waals surface area contributed by atoms with Crippen molar-refractivity contribution in [2.45, 2.75) is 25.9 Å². The molecule has 0 aliphatic carbocycles. The molecule has 0 saturated carbocycles. The molecular formula is C22H23N9O. The molecule has 2 N–H and O–H groups in total. The van der Waals surface area contributed by atoms with Gasteiger partial charge in [0.2, 0.25) is 17.8 Å². The van der Waals surface area contributed by atoms with Gasteiger partial charge in [0.05, 0.1) is 6.33 Å². The van der Waals surface area contributed by atoms with Gasteiger partial charge in [0, 0.05) is 45.0 Å². The van der Waals surface area contributed by atoms with E-state index in [4.69, 9.17) is 0 Å². The van der Waals surface area contributed by atoms with Crippen molar-refractivity contribution in [2.24, 2.45) is 0 Å². The molecule has 10 nitrogen and oxygen atoms in total. The van der Waals surface area contributed by atoms with Crippen LogP contribution in [0.4, 0.5) is 17.7 Å². The van der Waals surface area contributed by atoms with Crippen molar-refractivity contribution in [1.82, 2.24) is 34.4 Å². The largest absolute Gasteiger partial charge is 0.364 e. The van der Waals surface area contributed by atoms with Gasteiger partial charge in [0.25, 0.3) is 0 Å². The molecule has 1 saturated heterocycles. The maximum atomic E-state index is 12.0. The lowest BCUT2D eigenvalue weighted by molar-refractivity contribution is -0.127. The first-order valence-corrected chi connectivity index (χ1v) is 10.6. The van der Waals surface area contributed by atoms with Crippen LogP contribution in [-0.2, 0) is 17.9 Å². The van der Waals surface area contributed by atoms with Gasteiger partial charge in [0.1, 0.15) is 0 Å². The maximum absolute atomic E-state index is 12.0. The summed E-state index contributed by atoms with van der Waals surface area (Å²) in [4.78, 5) is 36.1. The highest BCUT2D eigenvalue weighted by atomic mass is 16.2. The number of hydrogen-bond acceptors (Lipinski definition) is 8. The standard InChI is InChI=1S/C22H23N9O/c32-17-8-4-11-30(17)12-13-31-15-26-18-19(25-14-16-6-2-1-3-7-16)27-22(28-20(18)31)29-21-23-9-5-10-24-21/h1-3,5-7,9-10,15H,4,8,11-14H2,(H2,23,24,25,27,28,29). The minimum Gasteiger partial charge on any atom is -0.364 e. The van der Waals surface area contributed by atoms with E-state index in [0.29, 0.717) is 54.9 Å². The number of aromatic nitrogens is 6. The minimum absolute atomic E-state index is 0.206. The van der Waals surface area contributed by atoms with E-state index in [9.17, 15) is 4.79 Å². The summed E-state index contributed by atoms with van der Waals surface area (Å²) < 4.78 is 1.95. The van der Waals surface area contributed by atoms with Gasteiger partial charge < -0.3 is 14.8 Å². The quantitative estimate of drug-likeness (QED) is 0.439. The summed E-state index contributed by atoms with van der Waals surface area (Å²) in [5.41, 5.74) is 2.49. The number of nitrogens with zero attached hydrogens (tertiary/aromatic N) is 7. The molecule has 5 rings (SSSR count). The van der Waals surface area contributed by atoms with Gasteiger partial charge in [-0.15, -0.1) is 0 Å². The summed E-state index contributed by atoms with van der Waals surface area (Å²) in [6, 6.07) is 11.8. The lowest BCUT2D eigenvalue weighted by atomic mass is 10.2. The fourth-order valence-electron chi connectivity index (χ4n) is 3.70. The number of rotatable bonds is 8. The first-order chi connectivity index (χ1) is 15.8. The van der Waals surface area contributed by atoms with Crippen LogP contribution in [-0.4, -0.2) is 53.4 Å². The number of benzene rings is 1. The van der Waals surface area contributed by atoms with Gasteiger partial charge in [0.15, 0.2) is 17.0 Å². The Balaban J connectivity index is 1.44. The molecule has 3 aromatic heterocycles. The van der Waals surface area contributed by atoms with Crippen LogP contribution in [0.25, 0.3) is 11.2 Å². The smallest absolute Gasteiger partial charge is 0.233 e. The third-order valence-electron chi connectivity index (χ3n) is 5.34. The van der Waals surface area contributed by atoms with Crippen LogP contribution in [0.5, 0.6) is 0 Å². The van der Waals surface area contributed by atoms with Crippen molar-refractivity contribution in [2.75, 3.05) is 23.7 Å². The Bertz CT molecular complexity index is 1210. The van der Waals surface area contributed by atoms with E-state index in [1.165, 1.54) is 0 Å². The molecule has 1 aliphatic heterocycles. The van der Waals surface area contributed by atoms with Crippen LogP contribution >= 0.6 is 0 Å². The Morgan fingerprint density at radius 1 is 0.938 bits per heavy atom. The molecule has 162 valence electrons. The van der Waals surface area contributed by atoms with Crippen molar-refractivity contribution < 1.29 is 4.79 Å². The number of amides is 1. The number of carbonyl (C=O) groups excluding carboxylic acids is 1. The third-order valence-corrected chi connectivity index (χ3v) is 5.34. The van der Waals surface area contributed by atoms with E-state index in [0.717, 1.165) is 18.5 Å². The number of carbonyl (C=O) groups is 1. The Morgan fingerprint density at radius 3 is 2.56 bits per heavy atom. The summed E-state index contributed by atoms with van der Waals surface area (Å²) in [5.74, 6) is 1.61. The van der Waals surface area contributed by atoms with Crippen molar-refractivity contribution in [1.29, 1.82) is 0 Å². The number of anilines is 3. The lowest BCUT2D eigenvalue weighted by Gasteiger charge is -2.16. The summed E-state index contributed by atoms with van der Waals surface area (Å²) in [5, 5.41) is 6.44. The number of imidazole rings is 1. The SMILES string of the molecule is O=C1CCCN1CCn1cnc2c(NCc3ccccc3)nc(Nc3ncccn3)nc21. The molecule has 1 amide bonds. The topological polar surface area (TPSA) is 114 Å². The zero-order valence-corrected chi connectivity index (χ0v) is 17.5. The predicted octanol–water partition coefficient (Wildman–Crippen LogP) is 2.59. The van der Waals surface area contributed by atoms with Crippen LogP contribution in [0.3, 0.4) is 0 Å². The van der Waals surface area contributed by atoms with Crippen molar-refractivity contribution in [3.05, 3.63) is 60.7 Å². The molecule has 10 heteroatoms. The van der Waals surface area contributed by atoms with Crippen LogP contribution in [0.1, 0.15) is 18.4 Å². The Hall–Kier alpha value is -4.08. The van der Waals surface area contributed by atoms with E-state index in [2.05, 4.69) is 35.6 Å². The van der Waals surface area contributed by atoms with Gasteiger partial charge in [-0.25, -0.2) is 15.0 Å². The molecule has 0 radical (unpaired) electrons. The monoisotopic (exact) mass is 429 g/mol. The normalized spacial score (nSPS) is 13.6. The average Bonchev–Trinajstić information content (AvgIpc) is 3.43. The van der Waals surface area contributed by atoms with Crippen LogP contribution < -0.4 is 10.6 Å². The first kappa shape index (κ1) is 19.9. The van der Waals surface area contributed by atoms with E-state index in [-0.39, 0.29) is 5.91 Å². The minimum atomic E-state index is 0.206. The summed E-state index contributed by atoms with van der Waals surface area (Å²) in [7, 11) is 0. The first-order valence-electron chi connectivity index (χ1n) is 10.6. The average molecular weight is 429 g/mol. The fraction of sp³-hybridized carbons (Fsp3) is 0.273. The second-order valence-electron chi connectivity index (χ2n) is 7.53.